The number of aromatic amines is 1. The normalized spacial score (nSPS) is 14.4. The number of nitrogens with two attached hydrogens (primary N) is 2. The smallest absolute Gasteiger partial charge is 0.328 e. The number of aromatic nitrogens is 1. The van der Waals surface area contributed by atoms with Crippen LogP contribution in [0.4, 0.5) is 0 Å². The fraction of sp³-hybridized carbons (Fsp3) is 0.381. The number of nitrogens with one attached hydrogen (secondary N) is 4. The Balaban J connectivity index is 2.06. The average molecular weight is 492 g/mol. The zero-order chi connectivity index (χ0) is 26.1. The first-order valence-corrected chi connectivity index (χ1v) is 10.5. The van der Waals surface area contributed by atoms with Crippen molar-refractivity contribution in [3.8, 4) is 0 Å². The van der Waals surface area contributed by atoms with Crippen LogP contribution in [-0.2, 0) is 30.4 Å². The van der Waals surface area contributed by atoms with Gasteiger partial charge in [-0.2, -0.15) is 0 Å². The van der Waals surface area contributed by atoms with Crippen molar-refractivity contribution in [3.05, 3.63) is 36.0 Å². The zero-order valence-electron chi connectivity index (χ0n) is 18.6. The molecule has 0 fully saturated rings. The molecule has 4 amide bonds. The summed E-state index contributed by atoms with van der Waals surface area (Å²) in [6.45, 7) is -1.87. The Kier molecular flexibility index (Phi) is 9.69. The van der Waals surface area contributed by atoms with Crippen LogP contribution in [0.3, 0.4) is 0 Å². The predicted molar refractivity (Wildman–Crippen MR) is 121 cm³/mol. The molecule has 4 atom stereocenters. The van der Waals surface area contributed by atoms with Gasteiger partial charge in [0.15, 0.2) is 0 Å². The van der Waals surface area contributed by atoms with Crippen molar-refractivity contribution in [3.63, 3.8) is 0 Å². The average Bonchev–Trinajstić information content (AvgIpc) is 3.22. The molecule has 35 heavy (non-hydrogen) atoms. The summed E-state index contributed by atoms with van der Waals surface area (Å²) in [5.74, 6) is -5.39. The number of carboxylic acids is 1. The van der Waals surface area contributed by atoms with Crippen molar-refractivity contribution in [1.82, 2.24) is 20.9 Å². The van der Waals surface area contributed by atoms with Gasteiger partial charge in [0.25, 0.3) is 0 Å². The third kappa shape index (κ3) is 7.49. The summed E-state index contributed by atoms with van der Waals surface area (Å²) >= 11 is 0. The third-order valence-electron chi connectivity index (χ3n) is 5.10. The summed E-state index contributed by atoms with van der Waals surface area (Å²) in [4.78, 5) is 63.0. The van der Waals surface area contributed by atoms with Gasteiger partial charge < -0.3 is 47.7 Å². The van der Waals surface area contributed by atoms with Crippen LogP contribution in [0, 0.1) is 0 Å². The number of carbonyl (C=O) groups excluding carboxylic acids is 4. The van der Waals surface area contributed by atoms with Crippen LogP contribution in [0.2, 0.25) is 0 Å². The van der Waals surface area contributed by atoms with E-state index < -0.39 is 73.4 Å². The molecular weight excluding hydrogens is 464 g/mol. The molecule has 0 aliphatic rings. The summed E-state index contributed by atoms with van der Waals surface area (Å²) in [6, 6.07) is 1.43. The lowest BCUT2D eigenvalue weighted by atomic mass is 10.0. The molecule has 0 bridgehead atoms. The summed E-state index contributed by atoms with van der Waals surface area (Å²) in [6.07, 6.45) is 1.18. The largest absolute Gasteiger partial charge is 0.480 e. The molecule has 0 spiro atoms. The number of rotatable bonds is 13. The van der Waals surface area contributed by atoms with Crippen LogP contribution < -0.4 is 27.4 Å². The number of carboxylic acid groups (broad SMARTS) is 1. The molecule has 0 saturated carbocycles. The van der Waals surface area contributed by atoms with Gasteiger partial charge >= 0.3 is 5.97 Å². The first kappa shape index (κ1) is 27.2. The molecule has 1 aromatic carbocycles. The SMILES string of the molecule is NC(=O)CC(NC(=O)C(N)Cc1c[nH]c2ccccc12)C(=O)NC(CO)C(=O)NC(CO)C(=O)O. The molecule has 0 radical (unpaired) electrons. The van der Waals surface area contributed by atoms with E-state index in [2.05, 4.69) is 15.6 Å². The molecule has 0 aliphatic heterocycles. The fourth-order valence-electron chi connectivity index (χ4n) is 3.24. The first-order valence-electron chi connectivity index (χ1n) is 10.5. The maximum absolute atomic E-state index is 12.7. The van der Waals surface area contributed by atoms with Crippen LogP contribution in [-0.4, -0.2) is 87.3 Å². The summed E-state index contributed by atoms with van der Waals surface area (Å²) in [5.41, 5.74) is 12.8. The lowest BCUT2D eigenvalue weighted by Gasteiger charge is -2.23. The molecule has 2 rings (SSSR count). The lowest BCUT2D eigenvalue weighted by molar-refractivity contribution is -0.143. The van der Waals surface area contributed by atoms with Gasteiger partial charge in [0.1, 0.15) is 18.1 Å². The number of fused-ring (bicyclic) bond motifs is 1. The highest BCUT2D eigenvalue weighted by Crippen LogP contribution is 2.18. The highest BCUT2D eigenvalue weighted by Gasteiger charge is 2.30. The second-order valence-electron chi connectivity index (χ2n) is 7.73. The Morgan fingerprint density at radius 3 is 2.06 bits per heavy atom. The standard InChI is InChI=1S/C21H28N6O8/c22-12(5-10-7-24-13-4-2-1-3-11(10)13)18(31)25-14(6-17(23)30)19(32)26-15(8-28)20(33)27-16(9-29)21(34)35/h1-4,7,12,14-16,24,28-29H,5-6,8-9,22H2,(H2,23,30)(H,25,31)(H,26,32)(H,27,33)(H,34,35). The molecule has 4 unspecified atom stereocenters. The molecule has 0 saturated heterocycles. The second-order valence-corrected chi connectivity index (χ2v) is 7.73. The quantitative estimate of drug-likeness (QED) is 0.134. The molecule has 1 aromatic heterocycles. The van der Waals surface area contributed by atoms with Gasteiger partial charge in [0.2, 0.25) is 23.6 Å². The van der Waals surface area contributed by atoms with E-state index in [1.165, 1.54) is 0 Å². The van der Waals surface area contributed by atoms with Gasteiger partial charge in [0.05, 0.1) is 25.7 Å². The third-order valence-corrected chi connectivity index (χ3v) is 5.10. The number of benzene rings is 1. The summed E-state index contributed by atoms with van der Waals surface area (Å²) in [7, 11) is 0. The maximum Gasteiger partial charge on any atom is 0.328 e. The van der Waals surface area contributed by atoms with Crippen LogP contribution in [0.25, 0.3) is 10.9 Å². The molecule has 2 aromatic rings. The van der Waals surface area contributed by atoms with Gasteiger partial charge in [-0.3, -0.25) is 19.2 Å². The number of H-pyrrole nitrogens is 1. The van der Waals surface area contributed by atoms with E-state index in [0.717, 1.165) is 16.5 Å². The van der Waals surface area contributed by atoms with E-state index in [1.54, 1.807) is 6.20 Å². The van der Waals surface area contributed by atoms with Gasteiger partial charge in [0, 0.05) is 17.1 Å². The number of aliphatic hydroxyl groups excluding tert-OH is 2. The number of aliphatic hydroxyl groups is 2. The molecular formula is C21H28N6O8. The molecule has 14 nitrogen and oxygen atoms in total. The number of amides is 4. The van der Waals surface area contributed by atoms with Crippen molar-refractivity contribution in [1.29, 1.82) is 0 Å². The van der Waals surface area contributed by atoms with E-state index >= 15 is 0 Å². The minimum Gasteiger partial charge on any atom is -0.480 e. The minimum atomic E-state index is -1.67. The number of carbonyl (C=O) groups is 5. The van der Waals surface area contributed by atoms with Crippen molar-refractivity contribution in [2.75, 3.05) is 13.2 Å². The molecule has 14 heteroatoms. The molecule has 0 aliphatic carbocycles. The van der Waals surface area contributed by atoms with Gasteiger partial charge in [-0.05, 0) is 18.1 Å². The van der Waals surface area contributed by atoms with E-state index in [9.17, 15) is 29.1 Å². The Bertz CT molecular complexity index is 1090. The van der Waals surface area contributed by atoms with Crippen molar-refractivity contribution < 1.29 is 39.3 Å². The zero-order valence-corrected chi connectivity index (χ0v) is 18.6. The predicted octanol–water partition coefficient (Wildman–Crippen LogP) is -3.56. The molecule has 1 heterocycles. The van der Waals surface area contributed by atoms with Crippen molar-refractivity contribution in [2.45, 2.75) is 37.0 Å². The number of aliphatic carboxylic acids is 1. The topological polar surface area (TPSA) is 250 Å². The first-order chi connectivity index (χ1) is 16.6. The Hall–Kier alpha value is -4.01. The summed E-state index contributed by atoms with van der Waals surface area (Å²) in [5, 5.41) is 34.6. The number of primary amides is 1. The number of para-hydroxylation sites is 1. The van der Waals surface area contributed by atoms with E-state index in [4.69, 9.17) is 21.7 Å². The number of hydrogen-bond acceptors (Lipinski definition) is 8. The van der Waals surface area contributed by atoms with Gasteiger partial charge in [-0.25, -0.2) is 4.79 Å². The molecule has 190 valence electrons. The van der Waals surface area contributed by atoms with E-state index in [0.29, 0.717) is 0 Å². The minimum absolute atomic E-state index is 0.111. The highest BCUT2D eigenvalue weighted by atomic mass is 16.4. The van der Waals surface area contributed by atoms with Gasteiger partial charge in [-0.1, -0.05) is 18.2 Å². The van der Waals surface area contributed by atoms with E-state index in [-0.39, 0.29) is 6.42 Å². The van der Waals surface area contributed by atoms with Crippen molar-refractivity contribution >= 4 is 40.5 Å². The maximum atomic E-state index is 12.7. The molecule has 11 N–H and O–H groups in total. The van der Waals surface area contributed by atoms with E-state index in [1.807, 2.05) is 29.6 Å². The van der Waals surface area contributed by atoms with Gasteiger partial charge in [-0.15, -0.1) is 0 Å². The van der Waals surface area contributed by atoms with Crippen LogP contribution in [0.5, 0.6) is 0 Å². The Labute approximate surface area is 199 Å². The lowest BCUT2D eigenvalue weighted by Crippen LogP contribution is -2.59. The monoisotopic (exact) mass is 492 g/mol. The number of hydrogen-bond donors (Lipinski definition) is 9. The summed E-state index contributed by atoms with van der Waals surface area (Å²) < 4.78 is 0. The van der Waals surface area contributed by atoms with Crippen LogP contribution in [0.1, 0.15) is 12.0 Å². The van der Waals surface area contributed by atoms with Crippen molar-refractivity contribution in [2.24, 2.45) is 11.5 Å². The Morgan fingerprint density at radius 2 is 1.46 bits per heavy atom. The van der Waals surface area contributed by atoms with Crippen LogP contribution >= 0.6 is 0 Å². The second kappa shape index (κ2) is 12.5. The van der Waals surface area contributed by atoms with Crippen LogP contribution in [0.15, 0.2) is 30.5 Å². The Morgan fingerprint density at radius 1 is 0.886 bits per heavy atom. The fourth-order valence-corrected chi connectivity index (χ4v) is 3.24. The highest BCUT2D eigenvalue weighted by molar-refractivity contribution is 5.96.